The molecule has 4 rings (SSSR count). The highest BCUT2D eigenvalue weighted by molar-refractivity contribution is 6.31. The minimum atomic E-state index is -0.396. The van der Waals surface area contributed by atoms with Crippen LogP contribution in [0.25, 0.3) is 10.9 Å². The summed E-state index contributed by atoms with van der Waals surface area (Å²) in [6.07, 6.45) is 2.16. The fourth-order valence-corrected chi connectivity index (χ4v) is 3.85. The molecule has 1 aromatic heterocycles. The van der Waals surface area contributed by atoms with E-state index in [2.05, 4.69) is 16.0 Å². The second kappa shape index (κ2) is 8.19. The van der Waals surface area contributed by atoms with E-state index in [-0.39, 0.29) is 11.1 Å². The van der Waals surface area contributed by atoms with Gasteiger partial charge in [-0.1, -0.05) is 35.3 Å². The predicted octanol–water partition coefficient (Wildman–Crippen LogP) is 5.80. The Hall–Kier alpha value is -1.59. The highest BCUT2D eigenvalue weighted by atomic mass is 35.5. The number of rotatable bonds is 5. The van der Waals surface area contributed by atoms with Crippen LogP contribution in [-0.2, 0) is 17.9 Å². The molecule has 1 fully saturated rings. The lowest BCUT2D eigenvalue weighted by molar-refractivity contribution is -0.00419. The summed E-state index contributed by atoms with van der Waals surface area (Å²) in [4.78, 5) is 5.87. The molecule has 0 saturated carbocycles. The van der Waals surface area contributed by atoms with Gasteiger partial charge in [0.05, 0.1) is 17.7 Å². The van der Waals surface area contributed by atoms with E-state index in [4.69, 9.17) is 27.9 Å². The lowest BCUT2D eigenvalue weighted by atomic mass is 10.1. The Balaban J connectivity index is 1.27. The lowest BCUT2D eigenvalue weighted by Gasteiger charge is -2.31. The quantitative estimate of drug-likeness (QED) is 0.580. The van der Waals surface area contributed by atoms with Gasteiger partial charge in [-0.05, 0) is 54.1 Å². The number of halogens is 3. The first-order valence-electron chi connectivity index (χ1n) is 9.12. The predicted molar refractivity (Wildman–Crippen MR) is 108 cm³/mol. The summed E-state index contributed by atoms with van der Waals surface area (Å²) in [6, 6.07) is 12.9. The second-order valence-corrected chi connectivity index (χ2v) is 7.90. The van der Waals surface area contributed by atoms with E-state index in [0.29, 0.717) is 6.61 Å². The molecule has 142 valence electrons. The molecule has 0 atom stereocenters. The average Bonchev–Trinajstić information content (AvgIpc) is 3.05. The summed E-state index contributed by atoms with van der Waals surface area (Å²) >= 11 is 11.8. The summed E-state index contributed by atoms with van der Waals surface area (Å²) in [5.74, 6) is -0.396. The number of hydrogen-bond acceptors (Lipinski definition) is 2. The van der Waals surface area contributed by atoms with Gasteiger partial charge in [0.25, 0.3) is 0 Å². The Kier molecular flexibility index (Phi) is 5.69. The molecule has 1 N–H and O–H groups in total. The van der Waals surface area contributed by atoms with Gasteiger partial charge in [-0.15, -0.1) is 0 Å². The minimum Gasteiger partial charge on any atom is -0.373 e. The van der Waals surface area contributed by atoms with Crippen LogP contribution < -0.4 is 0 Å². The van der Waals surface area contributed by atoms with Crippen LogP contribution in [0.15, 0.2) is 42.5 Å². The maximum Gasteiger partial charge on any atom is 0.142 e. The van der Waals surface area contributed by atoms with Gasteiger partial charge >= 0.3 is 0 Å². The summed E-state index contributed by atoms with van der Waals surface area (Å²) in [5.41, 5.74) is 3.09. The lowest BCUT2D eigenvalue weighted by Crippen LogP contribution is -2.36. The van der Waals surface area contributed by atoms with Crippen molar-refractivity contribution in [1.82, 2.24) is 9.88 Å². The third-order valence-electron chi connectivity index (χ3n) is 5.04. The Morgan fingerprint density at radius 2 is 1.89 bits per heavy atom. The van der Waals surface area contributed by atoms with Gasteiger partial charge in [0, 0.05) is 35.9 Å². The highest BCUT2D eigenvalue weighted by Crippen LogP contribution is 2.23. The molecular weight excluding hydrogens is 386 g/mol. The van der Waals surface area contributed by atoms with Gasteiger partial charge in [0.1, 0.15) is 5.82 Å². The number of aromatic nitrogens is 1. The topological polar surface area (TPSA) is 28.3 Å². The average molecular weight is 407 g/mol. The zero-order valence-corrected chi connectivity index (χ0v) is 16.4. The maximum atomic E-state index is 13.5. The monoisotopic (exact) mass is 406 g/mol. The van der Waals surface area contributed by atoms with Crippen molar-refractivity contribution in [1.29, 1.82) is 0 Å². The molecule has 3 nitrogen and oxygen atoms in total. The molecule has 1 aliphatic heterocycles. The number of nitrogens with one attached hydrogen (secondary N) is 1. The van der Waals surface area contributed by atoms with Crippen LogP contribution in [0.5, 0.6) is 0 Å². The number of fused-ring (bicyclic) bond motifs is 1. The van der Waals surface area contributed by atoms with E-state index in [9.17, 15) is 4.39 Å². The molecule has 27 heavy (non-hydrogen) atoms. The van der Waals surface area contributed by atoms with Gasteiger partial charge in [-0.3, -0.25) is 4.90 Å². The minimum absolute atomic E-state index is 0.145. The molecule has 0 unspecified atom stereocenters. The van der Waals surface area contributed by atoms with Crippen LogP contribution in [-0.4, -0.2) is 29.1 Å². The molecule has 6 heteroatoms. The number of likely N-dealkylation sites (tertiary alicyclic amines) is 1. The van der Waals surface area contributed by atoms with E-state index >= 15 is 0 Å². The molecular formula is C21H21Cl2FN2O. The second-order valence-electron chi connectivity index (χ2n) is 7.06. The summed E-state index contributed by atoms with van der Waals surface area (Å²) < 4.78 is 19.5. The summed E-state index contributed by atoms with van der Waals surface area (Å²) in [6.45, 7) is 3.27. The van der Waals surface area contributed by atoms with E-state index in [1.807, 2.05) is 24.3 Å². The van der Waals surface area contributed by atoms with Gasteiger partial charge < -0.3 is 9.72 Å². The van der Waals surface area contributed by atoms with E-state index in [1.54, 1.807) is 6.07 Å². The van der Waals surface area contributed by atoms with Crippen molar-refractivity contribution < 1.29 is 9.13 Å². The van der Waals surface area contributed by atoms with Crippen molar-refractivity contribution in [3.05, 3.63) is 69.6 Å². The molecule has 0 aliphatic carbocycles. The fourth-order valence-electron chi connectivity index (χ4n) is 3.56. The van der Waals surface area contributed by atoms with Gasteiger partial charge in [-0.2, -0.15) is 0 Å². The van der Waals surface area contributed by atoms with Crippen LogP contribution in [0.2, 0.25) is 10.0 Å². The number of piperidine rings is 1. The molecule has 0 radical (unpaired) electrons. The highest BCUT2D eigenvalue weighted by Gasteiger charge is 2.20. The number of aromatic amines is 1. The summed E-state index contributed by atoms with van der Waals surface area (Å²) in [5, 5.41) is 2.07. The fraction of sp³-hybridized carbons (Fsp3) is 0.333. The van der Waals surface area contributed by atoms with Crippen molar-refractivity contribution in [3.8, 4) is 0 Å². The zero-order valence-electron chi connectivity index (χ0n) is 14.9. The molecule has 1 saturated heterocycles. The van der Waals surface area contributed by atoms with Crippen LogP contribution in [0, 0.1) is 5.82 Å². The number of nitrogens with zero attached hydrogens (tertiary/aromatic N) is 1. The maximum absolute atomic E-state index is 13.5. The van der Waals surface area contributed by atoms with E-state index in [0.717, 1.165) is 48.6 Å². The van der Waals surface area contributed by atoms with Crippen molar-refractivity contribution in [3.63, 3.8) is 0 Å². The van der Waals surface area contributed by atoms with Crippen molar-refractivity contribution in [2.45, 2.75) is 32.1 Å². The Morgan fingerprint density at radius 3 is 2.67 bits per heavy atom. The number of benzene rings is 2. The normalized spacial score (nSPS) is 16.3. The molecule has 0 amide bonds. The van der Waals surface area contributed by atoms with Crippen molar-refractivity contribution in [2.75, 3.05) is 13.1 Å². The Morgan fingerprint density at radius 1 is 1.07 bits per heavy atom. The molecule has 2 aromatic carbocycles. The Labute approximate surface area is 168 Å². The smallest absolute Gasteiger partial charge is 0.142 e. The Bertz CT molecular complexity index is 935. The first-order valence-corrected chi connectivity index (χ1v) is 9.87. The molecule has 1 aliphatic rings. The molecule has 0 bridgehead atoms. The number of ether oxygens (including phenoxy) is 1. The standard InChI is InChI=1S/C21H21Cl2FN2O/c22-16-3-2-15-10-17(25-21(15)11-16)12-26-7-5-18(6-8-26)27-13-14-1-4-19(23)20(24)9-14/h1-4,9-11,18,25H,5-8,12-13H2. The number of H-pyrrole nitrogens is 1. The SMILES string of the molecule is Fc1cc(COC2CCN(Cc3cc4ccc(Cl)cc4[nH]3)CC2)ccc1Cl. The number of hydrogen-bond donors (Lipinski definition) is 1. The molecule has 2 heterocycles. The summed E-state index contributed by atoms with van der Waals surface area (Å²) in [7, 11) is 0. The zero-order chi connectivity index (χ0) is 18.8. The van der Waals surface area contributed by atoms with Gasteiger partial charge in [-0.25, -0.2) is 4.39 Å². The third-order valence-corrected chi connectivity index (χ3v) is 5.58. The van der Waals surface area contributed by atoms with Gasteiger partial charge in [0.2, 0.25) is 0 Å². The van der Waals surface area contributed by atoms with Crippen molar-refractivity contribution in [2.24, 2.45) is 0 Å². The van der Waals surface area contributed by atoms with Crippen LogP contribution in [0.3, 0.4) is 0 Å². The van der Waals surface area contributed by atoms with Crippen LogP contribution in [0.4, 0.5) is 4.39 Å². The van der Waals surface area contributed by atoms with E-state index < -0.39 is 5.82 Å². The van der Waals surface area contributed by atoms with E-state index in [1.165, 1.54) is 17.1 Å². The largest absolute Gasteiger partial charge is 0.373 e. The first kappa shape index (κ1) is 18.8. The van der Waals surface area contributed by atoms with Crippen LogP contribution in [0.1, 0.15) is 24.1 Å². The molecule has 3 aromatic rings. The molecule has 0 spiro atoms. The third kappa shape index (κ3) is 4.64. The van der Waals surface area contributed by atoms with Crippen molar-refractivity contribution >= 4 is 34.1 Å². The van der Waals surface area contributed by atoms with Crippen LogP contribution >= 0.6 is 23.2 Å². The first-order chi connectivity index (χ1) is 13.1. The van der Waals surface area contributed by atoms with Gasteiger partial charge in [0.15, 0.2) is 0 Å².